The number of hydrogen-bond acceptors (Lipinski definition) is 3. The van der Waals surface area contributed by atoms with Gasteiger partial charge in [0.2, 0.25) is 11.8 Å². The maximum Gasteiger partial charge on any atom is 0.250 e. The number of nitrogens with zero attached hydrogens (tertiary/aromatic N) is 2. The highest BCUT2D eigenvalue weighted by Gasteiger charge is 2.37. The highest BCUT2D eigenvalue weighted by atomic mass is 32.1. The molecule has 5 heteroatoms. The average Bonchev–Trinajstić information content (AvgIpc) is 3.25. The van der Waals surface area contributed by atoms with E-state index in [4.69, 9.17) is 0 Å². The van der Waals surface area contributed by atoms with E-state index in [9.17, 15) is 9.59 Å². The Bertz CT molecular complexity index is 615. The molecule has 0 aromatic carbocycles. The Morgan fingerprint density at radius 1 is 1.21 bits per heavy atom. The lowest BCUT2D eigenvalue weighted by atomic mass is 9.98. The Hall–Kier alpha value is -1.62. The van der Waals surface area contributed by atoms with Gasteiger partial charge in [0, 0.05) is 30.1 Å². The van der Waals surface area contributed by atoms with Crippen LogP contribution in [-0.2, 0) is 9.59 Å². The van der Waals surface area contributed by atoms with E-state index in [1.807, 2.05) is 35.4 Å². The molecule has 0 bridgehead atoms. The van der Waals surface area contributed by atoms with E-state index < -0.39 is 0 Å². The molecule has 3 rings (SSSR count). The molecule has 2 fully saturated rings. The van der Waals surface area contributed by atoms with E-state index in [1.54, 1.807) is 16.2 Å². The van der Waals surface area contributed by atoms with Gasteiger partial charge in [-0.3, -0.25) is 9.59 Å². The Kier molecular flexibility index (Phi) is 5.39. The molecule has 1 atom stereocenters. The first-order valence-electron chi connectivity index (χ1n) is 8.88. The van der Waals surface area contributed by atoms with Crippen LogP contribution in [0.3, 0.4) is 0 Å². The normalized spacial score (nSPS) is 22.9. The first kappa shape index (κ1) is 17.2. The Balaban J connectivity index is 1.68. The molecular formula is C19H26N2O2S. The maximum absolute atomic E-state index is 12.9. The molecule has 0 unspecified atom stereocenters. The zero-order valence-electron chi connectivity index (χ0n) is 14.5. The molecule has 0 radical (unpaired) electrons. The summed E-state index contributed by atoms with van der Waals surface area (Å²) in [6.07, 6.45) is 5.78. The van der Waals surface area contributed by atoms with Crippen LogP contribution in [0.25, 0.3) is 6.08 Å². The molecule has 4 nitrogen and oxygen atoms in total. The van der Waals surface area contributed by atoms with Crippen molar-refractivity contribution < 1.29 is 9.59 Å². The first-order valence-corrected chi connectivity index (χ1v) is 9.76. The Morgan fingerprint density at radius 3 is 2.62 bits per heavy atom. The second-order valence-electron chi connectivity index (χ2n) is 7.01. The second kappa shape index (κ2) is 7.51. The van der Waals surface area contributed by atoms with Crippen molar-refractivity contribution in [2.75, 3.05) is 19.6 Å². The minimum Gasteiger partial charge on any atom is -0.341 e. The highest BCUT2D eigenvalue weighted by molar-refractivity contribution is 7.10. The maximum atomic E-state index is 12.9. The molecule has 130 valence electrons. The molecule has 24 heavy (non-hydrogen) atoms. The van der Waals surface area contributed by atoms with Crippen LogP contribution >= 0.6 is 11.3 Å². The van der Waals surface area contributed by atoms with Crippen molar-refractivity contribution in [3.05, 3.63) is 28.0 Å². The van der Waals surface area contributed by atoms with Gasteiger partial charge in [0.15, 0.2) is 0 Å². The van der Waals surface area contributed by atoms with Gasteiger partial charge in [-0.2, -0.15) is 0 Å². The number of amides is 2. The summed E-state index contributed by atoms with van der Waals surface area (Å²) in [7, 11) is 0. The van der Waals surface area contributed by atoms with Crippen LogP contribution in [-0.4, -0.2) is 47.3 Å². The molecule has 0 aliphatic carbocycles. The van der Waals surface area contributed by atoms with Crippen LogP contribution in [0, 0.1) is 5.92 Å². The number of carbonyl (C=O) groups is 2. The van der Waals surface area contributed by atoms with Crippen LogP contribution in [0.2, 0.25) is 0 Å². The molecule has 0 spiro atoms. The largest absolute Gasteiger partial charge is 0.341 e. The van der Waals surface area contributed by atoms with Crippen molar-refractivity contribution in [3.63, 3.8) is 0 Å². The lowest BCUT2D eigenvalue weighted by Crippen LogP contribution is -2.50. The molecule has 2 aliphatic heterocycles. The molecule has 1 aromatic rings. The number of carbonyl (C=O) groups excluding carboxylic acids is 2. The third-order valence-electron chi connectivity index (χ3n) is 5.13. The minimum absolute atomic E-state index is 0.00428. The van der Waals surface area contributed by atoms with E-state index in [2.05, 4.69) is 6.92 Å². The lowest BCUT2D eigenvalue weighted by molar-refractivity contribution is -0.143. The van der Waals surface area contributed by atoms with E-state index >= 15 is 0 Å². The third-order valence-corrected chi connectivity index (χ3v) is 5.95. The molecule has 0 saturated carbocycles. The quantitative estimate of drug-likeness (QED) is 0.787. The zero-order chi connectivity index (χ0) is 17.1. The van der Waals surface area contributed by atoms with Gasteiger partial charge in [-0.25, -0.2) is 0 Å². The smallest absolute Gasteiger partial charge is 0.250 e. The van der Waals surface area contributed by atoms with Crippen LogP contribution < -0.4 is 0 Å². The van der Waals surface area contributed by atoms with Crippen LogP contribution in [0.4, 0.5) is 0 Å². The number of piperidine rings is 1. The third kappa shape index (κ3) is 3.72. The predicted octanol–water partition coefficient (Wildman–Crippen LogP) is 3.40. The van der Waals surface area contributed by atoms with Crippen molar-refractivity contribution in [1.82, 2.24) is 9.80 Å². The number of likely N-dealkylation sites (tertiary alicyclic amines) is 2. The van der Waals surface area contributed by atoms with Crippen molar-refractivity contribution in [2.24, 2.45) is 5.92 Å². The van der Waals surface area contributed by atoms with Crippen molar-refractivity contribution in [2.45, 2.75) is 45.6 Å². The van der Waals surface area contributed by atoms with Crippen molar-refractivity contribution in [1.29, 1.82) is 0 Å². The topological polar surface area (TPSA) is 40.6 Å². The van der Waals surface area contributed by atoms with E-state index in [0.717, 1.165) is 43.6 Å². The molecule has 2 amide bonds. The lowest BCUT2D eigenvalue weighted by Gasteiger charge is -2.34. The standard InChI is InChI=1S/C19H26N2O2S/c1-14-7-10-20(11-8-14)19(23)17-6-3-9-21(17)18(22)15(2)13-16-5-4-12-24-16/h4-5,12-14,17H,3,6-11H2,1-2H3/b15-13+/t17-/m1/s1. The van der Waals surface area contributed by atoms with Crippen LogP contribution in [0.5, 0.6) is 0 Å². The van der Waals surface area contributed by atoms with Gasteiger partial charge in [0.25, 0.3) is 0 Å². The van der Waals surface area contributed by atoms with Gasteiger partial charge in [0.1, 0.15) is 6.04 Å². The van der Waals surface area contributed by atoms with Gasteiger partial charge in [-0.15, -0.1) is 11.3 Å². The number of thiophene rings is 1. The van der Waals surface area contributed by atoms with Gasteiger partial charge in [-0.1, -0.05) is 13.0 Å². The van der Waals surface area contributed by atoms with Gasteiger partial charge in [0.05, 0.1) is 0 Å². The van der Waals surface area contributed by atoms with Crippen LogP contribution in [0.15, 0.2) is 23.1 Å². The summed E-state index contributed by atoms with van der Waals surface area (Å²) in [6.45, 7) is 6.45. The summed E-state index contributed by atoms with van der Waals surface area (Å²) in [5.74, 6) is 0.854. The van der Waals surface area contributed by atoms with E-state index in [0.29, 0.717) is 18.0 Å². The number of rotatable bonds is 3. The van der Waals surface area contributed by atoms with Crippen molar-refractivity contribution in [3.8, 4) is 0 Å². The Labute approximate surface area is 148 Å². The van der Waals surface area contributed by atoms with Gasteiger partial charge in [-0.05, 0) is 56.0 Å². The van der Waals surface area contributed by atoms with E-state index in [-0.39, 0.29) is 17.9 Å². The SMILES string of the molecule is C/C(=C\c1cccs1)C(=O)N1CCC[C@@H]1C(=O)N1CCC(C)CC1. The first-order chi connectivity index (χ1) is 11.6. The molecule has 3 heterocycles. The van der Waals surface area contributed by atoms with E-state index in [1.165, 1.54) is 0 Å². The molecular weight excluding hydrogens is 320 g/mol. The predicted molar refractivity (Wildman–Crippen MR) is 97.7 cm³/mol. The summed E-state index contributed by atoms with van der Waals surface area (Å²) in [4.78, 5) is 30.5. The summed E-state index contributed by atoms with van der Waals surface area (Å²) in [5.41, 5.74) is 0.712. The second-order valence-corrected chi connectivity index (χ2v) is 7.99. The fraction of sp³-hybridized carbons (Fsp3) is 0.579. The summed E-state index contributed by atoms with van der Waals surface area (Å²) in [5, 5.41) is 2.00. The monoisotopic (exact) mass is 346 g/mol. The van der Waals surface area contributed by atoms with Crippen molar-refractivity contribution >= 4 is 29.2 Å². The molecule has 1 aromatic heterocycles. The molecule has 2 saturated heterocycles. The summed E-state index contributed by atoms with van der Waals surface area (Å²) in [6, 6.07) is 3.72. The number of hydrogen-bond donors (Lipinski definition) is 0. The fourth-order valence-corrected chi connectivity index (χ4v) is 4.30. The molecule has 2 aliphatic rings. The fourth-order valence-electron chi connectivity index (χ4n) is 3.58. The summed E-state index contributed by atoms with van der Waals surface area (Å²) >= 11 is 1.62. The van der Waals surface area contributed by atoms with Gasteiger partial charge >= 0.3 is 0 Å². The summed E-state index contributed by atoms with van der Waals surface area (Å²) < 4.78 is 0. The van der Waals surface area contributed by atoms with Gasteiger partial charge < -0.3 is 9.80 Å². The highest BCUT2D eigenvalue weighted by Crippen LogP contribution is 2.25. The Morgan fingerprint density at radius 2 is 1.96 bits per heavy atom. The minimum atomic E-state index is -0.266. The average molecular weight is 346 g/mol. The van der Waals surface area contributed by atoms with Crippen LogP contribution in [0.1, 0.15) is 44.4 Å². The molecule has 0 N–H and O–H groups in total. The zero-order valence-corrected chi connectivity index (χ0v) is 15.3.